The quantitative estimate of drug-likeness (QED) is 0.815. The van der Waals surface area contributed by atoms with Crippen molar-refractivity contribution in [1.82, 2.24) is 4.98 Å². The maximum Gasteiger partial charge on any atom is 0.0926 e. The summed E-state index contributed by atoms with van der Waals surface area (Å²) in [6.07, 6.45) is 6.45. The Labute approximate surface area is 89.0 Å². The first-order chi connectivity index (χ1) is 6.77. The summed E-state index contributed by atoms with van der Waals surface area (Å²) in [4.78, 5) is 5.05. The molecule has 1 aromatic rings. The summed E-state index contributed by atoms with van der Waals surface area (Å²) in [6, 6.07) is 0. The molecule has 1 N–H and O–H groups in total. The van der Waals surface area contributed by atoms with Crippen LogP contribution in [0.5, 0.6) is 0 Å². The monoisotopic (exact) mass is 211 g/mol. The summed E-state index contributed by atoms with van der Waals surface area (Å²) in [7, 11) is 0. The minimum Gasteiger partial charge on any atom is -0.387 e. The number of thiazole rings is 1. The number of aliphatic hydroxyl groups excluding tert-OH is 1. The molecule has 0 bridgehead atoms. The average Bonchev–Trinajstić information content (AvgIpc) is 2.69. The molecule has 0 aromatic carbocycles. The third-order valence-electron chi connectivity index (χ3n) is 3.17. The fourth-order valence-electron chi connectivity index (χ4n) is 2.37. The molecule has 3 heteroatoms. The first-order valence-corrected chi connectivity index (χ1v) is 6.22. The van der Waals surface area contributed by atoms with Crippen molar-refractivity contribution in [3.05, 3.63) is 16.6 Å². The van der Waals surface area contributed by atoms with Crippen LogP contribution in [0.3, 0.4) is 0 Å². The highest BCUT2D eigenvalue weighted by Gasteiger charge is 2.26. The number of hydrogen-bond donors (Lipinski definition) is 1. The van der Waals surface area contributed by atoms with Crippen molar-refractivity contribution in [2.45, 2.75) is 38.7 Å². The van der Waals surface area contributed by atoms with Crippen molar-refractivity contribution in [2.75, 3.05) is 0 Å². The molecule has 0 radical (unpaired) electrons. The van der Waals surface area contributed by atoms with Crippen LogP contribution in [0.25, 0.3) is 0 Å². The smallest absolute Gasteiger partial charge is 0.0926 e. The molecule has 0 aliphatic heterocycles. The molecule has 1 fully saturated rings. The van der Waals surface area contributed by atoms with Crippen LogP contribution >= 0.6 is 11.3 Å². The molecular weight excluding hydrogens is 194 g/mol. The van der Waals surface area contributed by atoms with Gasteiger partial charge in [-0.25, -0.2) is 0 Å². The van der Waals surface area contributed by atoms with E-state index < -0.39 is 0 Å². The van der Waals surface area contributed by atoms with Gasteiger partial charge in [0.05, 0.1) is 16.5 Å². The van der Waals surface area contributed by atoms with E-state index >= 15 is 0 Å². The maximum atomic E-state index is 10.1. The Morgan fingerprint density at radius 1 is 1.57 bits per heavy atom. The molecule has 3 atom stereocenters. The van der Waals surface area contributed by atoms with Crippen molar-refractivity contribution < 1.29 is 5.11 Å². The normalized spacial score (nSPS) is 30.1. The van der Waals surface area contributed by atoms with Crippen LogP contribution in [0.1, 0.15) is 43.6 Å². The summed E-state index contributed by atoms with van der Waals surface area (Å²) < 4.78 is 0. The lowest BCUT2D eigenvalue weighted by Gasteiger charge is -2.29. The molecule has 0 saturated heterocycles. The summed E-state index contributed by atoms with van der Waals surface area (Å²) in [5, 5.41) is 10.1. The number of hydrogen-bond acceptors (Lipinski definition) is 3. The summed E-state index contributed by atoms with van der Waals surface area (Å²) in [5.41, 5.74) is 1.80. The number of rotatable bonds is 2. The lowest BCUT2D eigenvalue weighted by atomic mass is 9.79. The van der Waals surface area contributed by atoms with E-state index in [1.54, 1.807) is 23.0 Å². The predicted molar refractivity (Wildman–Crippen MR) is 58.2 cm³/mol. The zero-order chi connectivity index (χ0) is 9.97. The van der Waals surface area contributed by atoms with Gasteiger partial charge in [0, 0.05) is 6.20 Å². The second-order valence-corrected chi connectivity index (χ2v) is 5.30. The SMILES string of the molecule is CC1CCCC(C(O)c2cncs2)C1. The van der Waals surface area contributed by atoms with E-state index in [0.29, 0.717) is 5.92 Å². The molecule has 0 amide bonds. The van der Waals surface area contributed by atoms with Gasteiger partial charge in [0.25, 0.3) is 0 Å². The largest absolute Gasteiger partial charge is 0.387 e. The number of nitrogens with zero attached hydrogens (tertiary/aromatic N) is 1. The van der Waals surface area contributed by atoms with Gasteiger partial charge in [-0.2, -0.15) is 0 Å². The van der Waals surface area contributed by atoms with E-state index in [9.17, 15) is 5.11 Å². The molecule has 1 saturated carbocycles. The molecule has 2 nitrogen and oxygen atoms in total. The van der Waals surface area contributed by atoms with E-state index in [1.165, 1.54) is 25.7 Å². The third kappa shape index (κ3) is 2.15. The van der Waals surface area contributed by atoms with E-state index in [1.807, 2.05) is 0 Å². The fourth-order valence-corrected chi connectivity index (χ4v) is 3.07. The van der Waals surface area contributed by atoms with Crippen LogP contribution in [0, 0.1) is 11.8 Å². The second-order valence-electron chi connectivity index (χ2n) is 4.38. The van der Waals surface area contributed by atoms with Crippen molar-refractivity contribution in [1.29, 1.82) is 0 Å². The van der Waals surface area contributed by atoms with Crippen LogP contribution in [0.4, 0.5) is 0 Å². The Balaban J connectivity index is 2.00. The maximum absolute atomic E-state index is 10.1. The molecule has 1 aromatic heterocycles. The van der Waals surface area contributed by atoms with Gasteiger partial charge in [-0.3, -0.25) is 4.98 Å². The highest BCUT2D eigenvalue weighted by molar-refractivity contribution is 7.09. The Morgan fingerprint density at radius 3 is 3.07 bits per heavy atom. The lowest BCUT2D eigenvalue weighted by Crippen LogP contribution is -2.19. The molecule has 1 aliphatic rings. The highest BCUT2D eigenvalue weighted by atomic mass is 32.1. The van der Waals surface area contributed by atoms with Gasteiger partial charge in [0.15, 0.2) is 0 Å². The number of aliphatic hydroxyl groups is 1. The van der Waals surface area contributed by atoms with Crippen molar-refractivity contribution in [3.63, 3.8) is 0 Å². The van der Waals surface area contributed by atoms with Crippen molar-refractivity contribution in [2.24, 2.45) is 11.8 Å². The number of aromatic nitrogens is 1. The summed E-state index contributed by atoms with van der Waals surface area (Å²) >= 11 is 1.56. The molecule has 2 rings (SSSR count). The summed E-state index contributed by atoms with van der Waals surface area (Å²) in [5.74, 6) is 1.23. The summed E-state index contributed by atoms with van der Waals surface area (Å²) in [6.45, 7) is 2.28. The fraction of sp³-hybridized carbons (Fsp3) is 0.727. The predicted octanol–water partition coefficient (Wildman–Crippen LogP) is 3.00. The van der Waals surface area contributed by atoms with E-state index in [0.717, 1.165) is 10.8 Å². The molecule has 78 valence electrons. The van der Waals surface area contributed by atoms with Crippen LogP contribution < -0.4 is 0 Å². The third-order valence-corrected chi connectivity index (χ3v) is 4.01. The molecule has 14 heavy (non-hydrogen) atoms. The first kappa shape index (κ1) is 10.1. The van der Waals surface area contributed by atoms with Crippen LogP contribution in [0.2, 0.25) is 0 Å². The van der Waals surface area contributed by atoms with Crippen molar-refractivity contribution >= 4 is 11.3 Å². The van der Waals surface area contributed by atoms with Gasteiger partial charge in [-0.15, -0.1) is 11.3 Å². The van der Waals surface area contributed by atoms with Crippen LogP contribution in [-0.4, -0.2) is 10.1 Å². The molecular formula is C11H17NOS. The molecule has 1 heterocycles. The van der Waals surface area contributed by atoms with Gasteiger partial charge in [-0.05, 0) is 24.7 Å². The zero-order valence-electron chi connectivity index (χ0n) is 8.52. The standard InChI is InChI=1S/C11H17NOS/c1-8-3-2-4-9(5-8)11(13)10-6-12-7-14-10/h6-9,11,13H,2-5H2,1H3. The second kappa shape index (κ2) is 4.41. The van der Waals surface area contributed by atoms with E-state index in [2.05, 4.69) is 11.9 Å². The van der Waals surface area contributed by atoms with Gasteiger partial charge < -0.3 is 5.11 Å². The topological polar surface area (TPSA) is 33.1 Å². The molecule has 0 spiro atoms. The first-order valence-electron chi connectivity index (χ1n) is 5.34. The van der Waals surface area contributed by atoms with Gasteiger partial charge in [0.2, 0.25) is 0 Å². The lowest BCUT2D eigenvalue weighted by molar-refractivity contribution is 0.0740. The Hall–Kier alpha value is -0.410. The molecule has 3 unspecified atom stereocenters. The highest BCUT2D eigenvalue weighted by Crippen LogP contribution is 2.37. The van der Waals surface area contributed by atoms with Crippen molar-refractivity contribution in [3.8, 4) is 0 Å². The van der Waals surface area contributed by atoms with Crippen LogP contribution in [-0.2, 0) is 0 Å². The van der Waals surface area contributed by atoms with Crippen LogP contribution in [0.15, 0.2) is 11.7 Å². The minimum atomic E-state index is -0.273. The minimum absolute atomic E-state index is 0.273. The van der Waals surface area contributed by atoms with E-state index in [4.69, 9.17) is 0 Å². The van der Waals surface area contributed by atoms with Gasteiger partial charge >= 0.3 is 0 Å². The Kier molecular flexibility index (Phi) is 3.19. The molecule has 1 aliphatic carbocycles. The van der Waals surface area contributed by atoms with Gasteiger partial charge in [0.1, 0.15) is 0 Å². The Morgan fingerprint density at radius 2 is 2.43 bits per heavy atom. The zero-order valence-corrected chi connectivity index (χ0v) is 9.33. The van der Waals surface area contributed by atoms with Gasteiger partial charge in [-0.1, -0.05) is 19.8 Å². The average molecular weight is 211 g/mol. The Bertz CT molecular complexity index is 273. The van der Waals surface area contributed by atoms with E-state index in [-0.39, 0.29) is 6.10 Å².